The SMILES string of the molecule is S=C(N/N=C1/CCOc2cccnc21)N1CCN(c2ccccn2)CC1. The van der Waals surface area contributed by atoms with Gasteiger partial charge in [0.1, 0.15) is 17.3 Å². The first-order chi connectivity index (χ1) is 12.8. The Morgan fingerprint density at radius 1 is 1.08 bits per heavy atom. The molecule has 0 spiro atoms. The molecule has 1 N–H and O–H groups in total. The lowest BCUT2D eigenvalue weighted by Gasteiger charge is -2.36. The smallest absolute Gasteiger partial charge is 0.189 e. The molecule has 2 aliphatic heterocycles. The Balaban J connectivity index is 1.35. The minimum Gasteiger partial charge on any atom is -0.491 e. The molecule has 134 valence electrons. The molecule has 2 aliphatic rings. The molecule has 0 amide bonds. The topological polar surface area (TPSA) is 65.9 Å². The van der Waals surface area contributed by atoms with Crippen LogP contribution in [-0.2, 0) is 0 Å². The van der Waals surface area contributed by atoms with Gasteiger partial charge in [-0.1, -0.05) is 6.07 Å². The first-order valence-electron chi connectivity index (χ1n) is 8.67. The highest BCUT2D eigenvalue weighted by Gasteiger charge is 2.21. The fraction of sp³-hybridized carbons (Fsp3) is 0.333. The molecule has 0 aliphatic carbocycles. The minimum atomic E-state index is 0.606. The summed E-state index contributed by atoms with van der Waals surface area (Å²) in [5, 5.41) is 5.13. The zero-order valence-electron chi connectivity index (χ0n) is 14.3. The Morgan fingerprint density at radius 3 is 2.73 bits per heavy atom. The molecule has 2 aromatic rings. The number of nitrogens with zero attached hydrogens (tertiary/aromatic N) is 5. The fourth-order valence-corrected chi connectivity index (χ4v) is 3.30. The minimum absolute atomic E-state index is 0.606. The highest BCUT2D eigenvalue weighted by molar-refractivity contribution is 7.80. The number of anilines is 1. The van der Waals surface area contributed by atoms with Gasteiger partial charge in [-0.2, -0.15) is 5.10 Å². The standard InChI is InChI=1S/C18H20N6OS/c26-18(22-21-14-6-13-25-15-4-3-8-20-17(14)15)24-11-9-23(10-12-24)16-5-1-2-7-19-16/h1-5,7-8H,6,9-13H2,(H,22,26)/b21-14-. The van der Waals surface area contributed by atoms with Gasteiger partial charge in [0.15, 0.2) is 5.11 Å². The maximum absolute atomic E-state index is 5.60. The molecule has 0 aromatic carbocycles. The van der Waals surface area contributed by atoms with Crippen LogP contribution < -0.4 is 15.1 Å². The Kier molecular flexibility index (Phi) is 4.92. The molecule has 4 heterocycles. The summed E-state index contributed by atoms with van der Waals surface area (Å²) in [5.41, 5.74) is 4.70. The molecule has 4 rings (SSSR count). The van der Waals surface area contributed by atoms with Crippen LogP contribution in [0, 0.1) is 0 Å². The van der Waals surface area contributed by atoms with Gasteiger partial charge in [-0.3, -0.25) is 10.4 Å². The Morgan fingerprint density at radius 2 is 1.92 bits per heavy atom. The largest absolute Gasteiger partial charge is 0.491 e. The molecular formula is C18H20N6OS. The van der Waals surface area contributed by atoms with E-state index in [-0.39, 0.29) is 0 Å². The predicted octanol–water partition coefficient (Wildman–Crippen LogP) is 1.66. The van der Waals surface area contributed by atoms with Gasteiger partial charge in [0, 0.05) is 45.0 Å². The maximum atomic E-state index is 5.60. The number of hydrogen-bond acceptors (Lipinski definition) is 6. The number of aromatic nitrogens is 2. The summed E-state index contributed by atoms with van der Waals surface area (Å²) in [5.74, 6) is 1.78. The van der Waals surface area contributed by atoms with E-state index in [9.17, 15) is 0 Å². The third-order valence-electron chi connectivity index (χ3n) is 4.47. The molecule has 0 atom stereocenters. The monoisotopic (exact) mass is 368 g/mol. The van der Waals surface area contributed by atoms with E-state index in [4.69, 9.17) is 17.0 Å². The second kappa shape index (κ2) is 7.65. The molecule has 1 saturated heterocycles. The number of hydrazone groups is 1. The highest BCUT2D eigenvalue weighted by atomic mass is 32.1. The summed E-state index contributed by atoms with van der Waals surface area (Å²) in [6.45, 7) is 4.05. The van der Waals surface area contributed by atoms with Crippen molar-refractivity contribution in [3.05, 3.63) is 48.4 Å². The van der Waals surface area contributed by atoms with Crippen molar-refractivity contribution in [2.75, 3.05) is 37.7 Å². The van der Waals surface area contributed by atoms with Crippen molar-refractivity contribution in [2.45, 2.75) is 6.42 Å². The van der Waals surface area contributed by atoms with Crippen LogP contribution in [0.2, 0.25) is 0 Å². The molecule has 0 saturated carbocycles. The van der Waals surface area contributed by atoms with Gasteiger partial charge in [0.2, 0.25) is 0 Å². The summed E-state index contributed by atoms with van der Waals surface area (Å²) in [4.78, 5) is 13.2. The molecule has 26 heavy (non-hydrogen) atoms. The van der Waals surface area contributed by atoms with Gasteiger partial charge in [-0.05, 0) is 36.5 Å². The summed E-state index contributed by atoms with van der Waals surface area (Å²) in [6.07, 6.45) is 4.29. The van der Waals surface area contributed by atoms with Crippen molar-refractivity contribution in [3.8, 4) is 5.75 Å². The van der Waals surface area contributed by atoms with Crippen molar-refractivity contribution in [3.63, 3.8) is 0 Å². The van der Waals surface area contributed by atoms with E-state index in [2.05, 4.69) is 30.3 Å². The normalized spacial score (nSPS) is 18.2. The first-order valence-corrected chi connectivity index (χ1v) is 9.08. The average Bonchev–Trinajstić information content (AvgIpc) is 2.73. The number of hydrogen-bond donors (Lipinski definition) is 1. The number of thiocarbonyl (C=S) groups is 1. The van der Waals surface area contributed by atoms with Gasteiger partial charge < -0.3 is 14.5 Å². The highest BCUT2D eigenvalue weighted by Crippen LogP contribution is 2.22. The molecule has 0 unspecified atom stereocenters. The lowest BCUT2D eigenvalue weighted by Crippen LogP contribution is -2.51. The van der Waals surface area contributed by atoms with Crippen molar-refractivity contribution in [1.29, 1.82) is 0 Å². The summed E-state index contributed by atoms with van der Waals surface area (Å²) >= 11 is 5.52. The van der Waals surface area contributed by atoms with Gasteiger partial charge in [-0.25, -0.2) is 4.98 Å². The molecule has 1 fully saturated rings. The van der Waals surface area contributed by atoms with Crippen LogP contribution in [0.1, 0.15) is 12.1 Å². The van der Waals surface area contributed by atoms with Crippen LogP contribution in [0.25, 0.3) is 0 Å². The third-order valence-corrected chi connectivity index (χ3v) is 4.82. The predicted molar refractivity (Wildman–Crippen MR) is 105 cm³/mol. The van der Waals surface area contributed by atoms with E-state index < -0.39 is 0 Å². The number of ether oxygens (including phenoxy) is 1. The van der Waals surface area contributed by atoms with Crippen LogP contribution >= 0.6 is 12.2 Å². The quantitative estimate of drug-likeness (QED) is 0.639. The van der Waals surface area contributed by atoms with Gasteiger partial charge in [0.25, 0.3) is 0 Å². The number of fused-ring (bicyclic) bond motifs is 1. The Bertz CT molecular complexity index is 804. The molecule has 7 nitrogen and oxygen atoms in total. The van der Waals surface area contributed by atoms with Crippen molar-refractivity contribution >= 4 is 28.9 Å². The Hall–Kier alpha value is -2.74. The number of pyridine rings is 2. The molecule has 2 aromatic heterocycles. The van der Waals surface area contributed by atoms with Crippen LogP contribution in [0.5, 0.6) is 5.75 Å². The van der Waals surface area contributed by atoms with Crippen molar-refractivity contribution < 1.29 is 4.74 Å². The van der Waals surface area contributed by atoms with Gasteiger partial charge in [0.05, 0.1) is 12.3 Å². The zero-order chi connectivity index (χ0) is 17.8. The second-order valence-corrected chi connectivity index (χ2v) is 6.47. The number of piperazine rings is 1. The van der Waals surface area contributed by atoms with Crippen LogP contribution in [0.15, 0.2) is 47.8 Å². The van der Waals surface area contributed by atoms with E-state index in [1.165, 1.54) is 0 Å². The van der Waals surface area contributed by atoms with E-state index in [0.717, 1.165) is 49.2 Å². The molecule has 8 heteroatoms. The fourth-order valence-electron chi connectivity index (χ4n) is 3.07. The van der Waals surface area contributed by atoms with E-state index in [1.54, 1.807) is 6.20 Å². The van der Waals surface area contributed by atoms with Crippen LogP contribution in [-0.4, -0.2) is 58.5 Å². The molecule has 0 bridgehead atoms. The Labute approximate surface area is 157 Å². The maximum Gasteiger partial charge on any atom is 0.189 e. The third kappa shape index (κ3) is 3.60. The van der Waals surface area contributed by atoms with E-state index in [0.29, 0.717) is 18.1 Å². The molecular weight excluding hydrogens is 348 g/mol. The number of nitrogens with one attached hydrogen (secondary N) is 1. The zero-order valence-corrected chi connectivity index (χ0v) is 15.2. The van der Waals surface area contributed by atoms with Crippen LogP contribution in [0.4, 0.5) is 5.82 Å². The van der Waals surface area contributed by atoms with E-state index in [1.807, 2.05) is 36.5 Å². The summed E-state index contributed by atoms with van der Waals surface area (Å²) < 4.78 is 5.60. The molecule has 0 radical (unpaired) electrons. The lowest BCUT2D eigenvalue weighted by atomic mass is 10.1. The second-order valence-electron chi connectivity index (χ2n) is 6.09. The van der Waals surface area contributed by atoms with Crippen molar-refractivity contribution in [2.24, 2.45) is 5.10 Å². The van der Waals surface area contributed by atoms with E-state index >= 15 is 0 Å². The lowest BCUT2D eigenvalue weighted by molar-refractivity contribution is 0.318. The van der Waals surface area contributed by atoms with Gasteiger partial charge in [-0.15, -0.1) is 0 Å². The first kappa shape index (κ1) is 16.7. The summed E-state index contributed by atoms with van der Waals surface area (Å²) in [6, 6.07) is 9.75. The van der Waals surface area contributed by atoms with Crippen molar-refractivity contribution in [1.82, 2.24) is 20.3 Å². The summed E-state index contributed by atoms with van der Waals surface area (Å²) in [7, 11) is 0. The van der Waals surface area contributed by atoms with Gasteiger partial charge >= 0.3 is 0 Å². The average molecular weight is 368 g/mol. The van der Waals surface area contributed by atoms with Crippen LogP contribution in [0.3, 0.4) is 0 Å². The number of rotatable bonds is 2.